The average Bonchev–Trinajstić information content (AvgIpc) is 2.78. The van der Waals surface area contributed by atoms with Gasteiger partial charge in [0.15, 0.2) is 11.5 Å². The van der Waals surface area contributed by atoms with E-state index in [1.54, 1.807) is 20.4 Å². The number of hydrogen-bond acceptors (Lipinski definition) is 5. The molecular formula is C24H26N2O3. The normalized spacial score (nSPS) is 18.0. The number of fused-ring (bicyclic) bond motifs is 1. The Bertz CT molecular complexity index is 975. The molecule has 1 aromatic heterocycles. The van der Waals surface area contributed by atoms with Crippen LogP contribution in [0.1, 0.15) is 41.3 Å². The summed E-state index contributed by atoms with van der Waals surface area (Å²) in [6, 6.07) is 16.7. The van der Waals surface area contributed by atoms with Crippen molar-refractivity contribution in [3.63, 3.8) is 0 Å². The Balaban J connectivity index is 1.78. The summed E-state index contributed by atoms with van der Waals surface area (Å²) in [5, 5.41) is 3.81. The van der Waals surface area contributed by atoms with Crippen molar-refractivity contribution in [2.75, 3.05) is 20.8 Å². The summed E-state index contributed by atoms with van der Waals surface area (Å²) in [6.07, 6.45) is 4.61. The SMILES string of the molecule is CCOc1cc([C@@H]2N[C@H](c3cccnc3)Cc3cc(OC)ccc32)ccc1OC. The van der Waals surface area contributed by atoms with Gasteiger partial charge in [0, 0.05) is 18.4 Å². The van der Waals surface area contributed by atoms with Crippen LogP contribution in [0.15, 0.2) is 60.9 Å². The summed E-state index contributed by atoms with van der Waals surface area (Å²) in [7, 11) is 3.37. The molecule has 29 heavy (non-hydrogen) atoms. The highest BCUT2D eigenvalue weighted by atomic mass is 16.5. The maximum absolute atomic E-state index is 5.81. The van der Waals surface area contributed by atoms with Crippen molar-refractivity contribution in [2.24, 2.45) is 0 Å². The first-order valence-electron chi connectivity index (χ1n) is 9.87. The van der Waals surface area contributed by atoms with Crippen molar-refractivity contribution < 1.29 is 14.2 Å². The standard InChI is InChI=1S/C24H26N2O3/c1-4-29-23-14-16(7-10-22(23)28-3)24-20-9-8-19(27-2)12-18(20)13-21(26-24)17-6-5-11-25-15-17/h5-12,14-15,21,24,26H,4,13H2,1-3H3/t21-,24-/m0/s1. The van der Waals surface area contributed by atoms with Gasteiger partial charge in [0.25, 0.3) is 0 Å². The number of aromatic nitrogens is 1. The minimum atomic E-state index is 0.0278. The lowest BCUT2D eigenvalue weighted by atomic mass is 9.84. The molecule has 150 valence electrons. The number of ether oxygens (including phenoxy) is 3. The van der Waals surface area contributed by atoms with Crippen LogP contribution in [0.4, 0.5) is 0 Å². The van der Waals surface area contributed by atoms with E-state index in [9.17, 15) is 0 Å². The van der Waals surface area contributed by atoms with Gasteiger partial charge in [-0.1, -0.05) is 18.2 Å². The molecule has 0 spiro atoms. The molecule has 0 fully saturated rings. The Morgan fingerprint density at radius 3 is 2.62 bits per heavy atom. The van der Waals surface area contributed by atoms with E-state index in [0.29, 0.717) is 6.61 Å². The quantitative estimate of drug-likeness (QED) is 0.673. The Hall–Kier alpha value is -3.05. The van der Waals surface area contributed by atoms with E-state index in [1.807, 2.05) is 31.3 Å². The van der Waals surface area contributed by atoms with Gasteiger partial charge in [-0.15, -0.1) is 0 Å². The molecular weight excluding hydrogens is 364 g/mol. The molecule has 2 heterocycles. The van der Waals surface area contributed by atoms with Gasteiger partial charge in [-0.05, 0) is 65.9 Å². The third-order valence-corrected chi connectivity index (χ3v) is 5.36. The Kier molecular flexibility index (Phi) is 5.67. The van der Waals surface area contributed by atoms with Gasteiger partial charge in [0.2, 0.25) is 0 Å². The second-order valence-corrected chi connectivity index (χ2v) is 7.05. The molecule has 4 rings (SSSR count). The highest BCUT2D eigenvalue weighted by Gasteiger charge is 2.29. The number of nitrogens with zero attached hydrogens (tertiary/aromatic N) is 1. The average molecular weight is 390 g/mol. The van der Waals surface area contributed by atoms with Crippen LogP contribution in [-0.2, 0) is 6.42 Å². The van der Waals surface area contributed by atoms with Gasteiger partial charge in [-0.25, -0.2) is 0 Å². The molecule has 0 saturated carbocycles. The van der Waals surface area contributed by atoms with Crippen molar-refractivity contribution in [3.8, 4) is 17.2 Å². The van der Waals surface area contributed by atoms with Gasteiger partial charge in [-0.3, -0.25) is 10.3 Å². The molecule has 2 atom stereocenters. The Morgan fingerprint density at radius 2 is 1.90 bits per heavy atom. The van der Waals surface area contributed by atoms with E-state index in [4.69, 9.17) is 14.2 Å². The zero-order chi connectivity index (χ0) is 20.2. The van der Waals surface area contributed by atoms with E-state index >= 15 is 0 Å². The molecule has 2 aromatic carbocycles. The summed E-state index contributed by atoms with van der Waals surface area (Å²) in [4.78, 5) is 4.31. The molecule has 0 radical (unpaired) electrons. The fourth-order valence-corrected chi connectivity index (χ4v) is 3.95. The van der Waals surface area contributed by atoms with E-state index in [-0.39, 0.29) is 12.1 Å². The van der Waals surface area contributed by atoms with Gasteiger partial charge in [-0.2, -0.15) is 0 Å². The first kappa shape index (κ1) is 19.3. The smallest absolute Gasteiger partial charge is 0.161 e. The van der Waals surface area contributed by atoms with Crippen molar-refractivity contribution >= 4 is 0 Å². The van der Waals surface area contributed by atoms with E-state index in [1.165, 1.54) is 16.7 Å². The molecule has 5 nitrogen and oxygen atoms in total. The van der Waals surface area contributed by atoms with Gasteiger partial charge in [0.05, 0.1) is 26.9 Å². The fraction of sp³-hybridized carbons (Fsp3) is 0.292. The second kappa shape index (κ2) is 8.53. The van der Waals surface area contributed by atoms with Crippen LogP contribution in [0.5, 0.6) is 17.2 Å². The summed E-state index contributed by atoms with van der Waals surface area (Å²) in [5.41, 5.74) is 4.83. The number of benzene rings is 2. The molecule has 1 aliphatic heterocycles. The lowest BCUT2D eigenvalue weighted by molar-refractivity contribution is 0.310. The molecule has 0 unspecified atom stereocenters. The molecule has 0 bridgehead atoms. The van der Waals surface area contributed by atoms with Crippen molar-refractivity contribution in [1.29, 1.82) is 0 Å². The third kappa shape index (κ3) is 3.91. The minimum absolute atomic E-state index is 0.0278. The van der Waals surface area contributed by atoms with Crippen LogP contribution < -0.4 is 19.5 Å². The first-order chi connectivity index (χ1) is 14.2. The number of rotatable bonds is 6. The van der Waals surface area contributed by atoms with Crippen LogP contribution in [0.25, 0.3) is 0 Å². The van der Waals surface area contributed by atoms with Crippen LogP contribution in [0.2, 0.25) is 0 Å². The van der Waals surface area contributed by atoms with Gasteiger partial charge < -0.3 is 14.2 Å². The van der Waals surface area contributed by atoms with E-state index in [2.05, 4.69) is 40.6 Å². The number of hydrogen-bond donors (Lipinski definition) is 1. The fourth-order valence-electron chi connectivity index (χ4n) is 3.95. The predicted molar refractivity (Wildman–Crippen MR) is 113 cm³/mol. The lowest BCUT2D eigenvalue weighted by Crippen LogP contribution is -2.34. The van der Waals surface area contributed by atoms with Crippen molar-refractivity contribution in [2.45, 2.75) is 25.4 Å². The first-order valence-corrected chi connectivity index (χ1v) is 9.87. The van der Waals surface area contributed by atoms with Gasteiger partial charge in [0.1, 0.15) is 5.75 Å². The van der Waals surface area contributed by atoms with Crippen molar-refractivity contribution in [3.05, 3.63) is 83.2 Å². The minimum Gasteiger partial charge on any atom is -0.497 e. The second-order valence-electron chi connectivity index (χ2n) is 7.05. The Labute approximate surface area is 171 Å². The third-order valence-electron chi connectivity index (χ3n) is 5.36. The monoisotopic (exact) mass is 390 g/mol. The molecule has 5 heteroatoms. The van der Waals surface area contributed by atoms with E-state index in [0.717, 1.165) is 29.2 Å². The molecule has 3 aromatic rings. The molecule has 0 saturated heterocycles. The lowest BCUT2D eigenvalue weighted by Gasteiger charge is -2.34. The zero-order valence-electron chi connectivity index (χ0n) is 17.0. The largest absolute Gasteiger partial charge is 0.497 e. The summed E-state index contributed by atoms with van der Waals surface area (Å²) >= 11 is 0. The molecule has 1 aliphatic rings. The number of methoxy groups -OCH3 is 2. The number of pyridine rings is 1. The van der Waals surface area contributed by atoms with Crippen molar-refractivity contribution in [1.82, 2.24) is 10.3 Å². The van der Waals surface area contributed by atoms with Gasteiger partial charge >= 0.3 is 0 Å². The van der Waals surface area contributed by atoms with Crippen LogP contribution in [0, 0.1) is 0 Å². The van der Waals surface area contributed by atoms with Crippen LogP contribution >= 0.6 is 0 Å². The maximum Gasteiger partial charge on any atom is 0.161 e. The Morgan fingerprint density at radius 1 is 1.00 bits per heavy atom. The highest BCUT2D eigenvalue weighted by molar-refractivity contribution is 5.49. The maximum atomic E-state index is 5.81. The molecule has 1 N–H and O–H groups in total. The zero-order valence-corrected chi connectivity index (χ0v) is 17.0. The van der Waals surface area contributed by atoms with Crippen LogP contribution in [0.3, 0.4) is 0 Å². The summed E-state index contributed by atoms with van der Waals surface area (Å²) in [6.45, 7) is 2.56. The summed E-state index contributed by atoms with van der Waals surface area (Å²) in [5.74, 6) is 2.37. The molecule has 0 aliphatic carbocycles. The van der Waals surface area contributed by atoms with Crippen LogP contribution in [-0.4, -0.2) is 25.8 Å². The highest BCUT2D eigenvalue weighted by Crippen LogP contribution is 2.39. The molecule has 0 amide bonds. The number of nitrogens with one attached hydrogen (secondary N) is 1. The van der Waals surface area contributed by atoms with E-state index < -0.39 is 0 Å². The topological polar surface area (TPSA) is 52.6 Å². The predicted octanol–water partition coefficient (Wildman–Crippen LogP) is 4.47. The summed E-state index contributed by atoms with van der Waals surface area (Å²) < 4.78 is 16.7.